The number of benzene rings is 3. The van der Waals surface area contributed by atoms with Gasteiger partial charge in [-0.2, -0.15) is 9.78 Å². The van der Waals surface area contributed by atoms with Crippen molar-refractivity contribution in [3.8, 4) is 11.4 Å². The number of ether oxygens (including phenoxy) is 1. The van der Waals surface area contributed by atoms with Crippen LogP contribution in [0.5, 0.6) is 5.75 Å². The zero-order valence-electron chi connectivity index (χ0n) is 20.2. The maximum atomic E-state index is 14.2. The standard InChI is InChI=1S/C29H26N4O4/c34-27-22-14-6-5-13-21(22)26(30-33(27)20-11-3-1-4-12-20)29(36)32-19-25(28(35)31-17-9-2-10-18-31)37-24-16-8-7-15-23(24)32/h1,3-8,11-16,25H,2,9-10,17-19H2/t25-/m1/s1. The van der Waals surface area contributed by atoms with Crippen LogP contribution in [0.15, 0.2) is 83.7 Å². The first-order chi connectivity index (χ1) is 18.1. The molecule has 3 heterocycles. The number of fused-ring (bicyclic) bond motifs is 2. The largest absolute Gasteiger partial charge is 0.476 e. The Morgan fingerprint density at radius 3 is 2.27 bits per heavy atom. The summed E-state index contributed by atoms with van der Waals surface area (Å²) in [7, 11) is 0. The zero-order chi connectivity index (χ0) is 25.4. The van der Waals surface area contributed by atoms with Gasteiger partial charge in [-0.1, -0.05) is 48.5 Å². The van der Waals surface area contributed by atoms with Crippen LogP contribution in [0.4, 0.5) is 5.69 Å². The average molecular weight is 495 g/mol. The highest BCUT2D eigenvalue weighted by atomic mass is 16.5. The minimum Gasteiger partial charge on any atom is -0.476 e. The molecule has 6 rings (SSSR count). The first kappa shape index (κ1) is 23.0. The van der Waals surface area contributed by atoms with Gasteiger partial charge in [-0.3, -0.25) is 19.3 Å². The lowest BCUT2D eigenvalue weighted by Crippen LogP contribution is -2.53. The minimum atomic E-state index is -0.816. The summed E-state index contributed by atoms with van der Waals surface area (Å²) in [6.07, 6.45) is 2.23. The molecule has 0 saturated carbocycles. The van der Waals surface area contributed by atoms with Gasteiger partial charge in [0.05, 0.1) is 23.3 Å². The maximum Gasteiger partial charge on any atom is 0.279 e. The van der Waals surface area contributed by atoms with E-state index in [1.165, 1.54) is 4.68 Å². The third-order valence-corrected chi connectivity index (χ3v) is 6.97. The van der Waals surface area contributed by atoms with Gasteiger partial charge in [0, 0.05) is 18.5 Å². The third kappa shape index (κ3) is 4.14. The number of hydrogen-bond acceptors (Lipinski definition) is 5. The van der Waals surface area contributed by atoms with Crippen molar-refractivity contribution in [3.63, 3.8) is 0 Å². The zero-order valence-corrected chi connectivity index (χ0v) is 20.2. The number of carbonyl (C=O) groups excluding carboxylic acids is 2. The number of para-hydroxylation sites is 3. The summed E-state index contributed by atoms with van der Waals surface area (Å²) >= 11 is 0. The van der Waals surface area contributed by atoms with Crippen molar-refractivity contribution in [1.82, 2.24) is 14.7 Å². The summed E-state index contributed by atoms with van der Waals surface area (Å²) in [4.78, 5) is 44.2. The van der Waals surface area contributed by atoms with Crippen LogP contribution in [-0.2, 0) is 4.79 Å². The van der Waals surface area contributed by atoms with Crippen LogP contribution in [0.25, 0.3) is 16.5 Å². The van der Waals surface area contributed by atoms with Gasteiger partial charge in [0.1, 0.15) is 5.75 Å². The van der Waals surface area contributed by atoms with E-state index in [-0.39, 0.29) is 23.7 Å². The Hall–Kier alpha value is -4.46. The van der Waals surface area contributed by atoms with E-state index in [9.17, 15) is 14.4 Å². The van der Waals surface area contributed by atoms with Crippen LogP contribution in [0, 0.1) is 0 Å². The number of anilines is 1. The Morgan fingerprint density at radius 2 is 1.49 bits per heavy atom. The van der Waals surface area contributed by atoms with E-state index in [0.717, 1.165) is 19.3 Å². The highest BCUT2D eigenvalue weighted by Crippen LogP contribution is 2.35. The molecule has 0 N–H and O–H groups in total. The molecular weight excluding hydrogens is 468 g/mol. The fourth-order valence-corrected chi connectivity index (χ4v) is 5.09. The molecule has 3 aromatic carbocycles. The second kappa shape index (κ2) is 9.54. The maximum absolute atomic E-state index is 14.2. The fourth-order valence-electron chi connectivity index (χ4n) is 5.09. The molecule has 2 aliphatic rings. The number of aromatic nitrogens is 2. The monoisotopic (exact) mass is 494 g/mol. The first-order valence-corrected chi connectivity index (χ1v) is 12.6. The van der Waals surface area contributed by atoms with Crippen LogP contribution >= 0.6 is 0 Å². The number of hydrogen-bond donors (Lipinski definition) is 0. The molecular formula is C29H26N4O4. The molecule has 2 amide bonds. The normalized spacial score (nSPS) is 17.2. The van der Waals surface area contributed by atoms with E-state index in [1.807, 2.05) is 35.2 Å². The number of likely N-dealkylation sites (tertiary alicyclic amines) is 1. The second-order valence-corrected chi connectivity index (χ2v) is 9.32. The van der Waals surface area contributed by atoms with Crippen molar-refractivity contribution in [2.24, 2.45) is 0 Å². The van der Waals surface area contributed by atoms with Gasteiger partial charge < -0.3 is 9.64 Å². The fraction of sp³-hybridized carbons (Fsp3) is 0.241. The van der Waals surface area contributed by atoms with E-state index in [2.05, 4.69) is 5.10 Å². The first-order valence-electron chi connectivity index (χ1n) is 12.6. The molecule has 1 saturated heterocycles. The molecule has 0 spiro atoms. The summed E-state index contributed by atoms with van der Waals surface area (Å²) in [6, 6.07) is 23.2. The van der Waals surface area contributed by atoms with Crippen LogP contribution in [0.2, 0.25) is 0 Å². The van der Waals surface area contributed by atoms with Crippen molar-refractivity contribution in [2.75, 3.05) is 24.5 Å². The highest BCUT2D eigenvalue weighted by Gasteiger charge is 2.37. The lowest BCUT2D eigenvalue weighted by molar-refractivity contribution is -0.139. The second-order valence-electron chi connectivity index (χ2n) is 9.32. The summed E-state index contributed by atoms with van der Waals surface area (Å²) in [6.45, 7) is 1.46. The Balaban J connectivity index is 1.45. The molecule has 0 unspecified atom stereocenters. The predicted molar refractivity (Wildman–Crippen MR) is 140 cm³/mol. The quantitative estimate of drug-likeness (QED) is 0.433. The Labute approximate surface area is 213 Å². The molecule has 1 atom stereocenters. The summed E-state index contributed by atoms with van der Waals surface area (Å²) < 4.78 is 7.36. The summed E-state index contributed by atoms with van der Waals surface area (Å²) in [5, 5.41) is 5.42. The van der Waals surface area contributed by atoms with Crippen molar-refractivity contribution in [2.45, 2.75) is 25.4 Å². The summed E-state index contributed by atoms with van der Waals surface area (Å²) in [5.41, 5.74) is 0.963. The lowest BCUT2D eigenvalue weighted by Gasteiger charge is -2.37. The molecule has 8 heteroatoms. The van der Waals surface area contributed by atoms with Gasteiger partial charge in [0.25, 0.3) is 17.4 Å². The SMILES string of the molecule is O=C([C@H]1CN(C(=O)c2nn(-c3ccccc3)c(=O)c3ccccc23)c2ccccc2O1)N1CCCCC1. The Bertz CT molecular complexity index is 1540. The lowest BCUT2D eigenvalue weighted by atomic mass is 10.1. The predicted octanol–water partition coefficient (Wildman–Crippen LogP) is 3.81. The smallest absolute Gasteiger partial charge is 0.279 e. The van der Waals surface area contributed by atoms with Crippen molar-refractivity contribution < 1.29 is 14.3 Å². The number of amides is 2. The highest BCUT2D eigenvalue weighted by molar-refractivity contribution is 6.13. The van der Waals surface area contributed by atoms with Crippen molar-refractivity contribution in [3.05, 3.63) is 94.9 Å². The summed E-state index contributed by atoms with van der Waals surface area (Å²) in [5.74, 6) is -0.0368. The Morgan fingerprint density at radius 1 is 0.811 bits per heavy atom. The Kier molecular flexibility index (Phi) is 5.92. The van der Waals surface area contributed by atoms with Gasteiger partial charge in [0.15, 0.2) is 11.8 Å². The molecule has 0 aliphatic carbocycles. The molecule has 1 aromatic heterocycles. The van der Waals surface area contributed by atoms with Gasteiger partial charge in [0.2, 0.25) is 0 Å². The van der Waals surface area contributed by atoms with Gasteiger partial charge in [-0.05, 0) is 49.6 Å². The van der Waals surface area contributed by atoms with E-state index < -0.39 is 12.0 Å². The van der Waals surface area contributed by atoms with Gasteiger partial charge in [-0.25, -0.2) is 0 Å². The topological polar surface area (TPSA) is 84.7 Å². The molecule has 2 aliphatic heterocycles. The number of nitrogens with zero attached hydrogens (tertiary/aromatic N) is 4. The van der Waals surface area contributed by atoms with Crippen molar-refractivity contribution >= 4 is 28.3 Å². The molecule has 0 bridgehead atoms. The molecule has 4 aromatic rings. The number of carbonyl (C=O) groups is 2. The van der Waals surface area contributed by atoms with Crippen molar-refractivity contribution in [1.29, 1.82) is 0 Å². The van der Waals surface area contributed by atoms with Gasteiger partial charge >= 0.3 is 0 Å². The average Bonchev–Trinajstić information content (AvgIpc) is 2.97. The van der Waals surface area contributed by atoms with Crippen LogP contribution in [-0.4, -0.2) is 52.2 Å². The van der Waals surface area contributed by atoms with Crippen LogP contribution in [0.3, 0.4) is 0 Å². The van der Waals surface area contributed by atoms with Gasteiger partial charge in [-0.15, -0.1) is 0 Å². The number of piperidine rings is 1. The molecule has 37 heavy (non-hydrogen) atoms. The van der Waals surface area contributed by atoms with E-state index >= 15 is 0 Å². The molecule has 186 valence electrons. The third-order valence-electron chi connectivity index (χ3n) is 6.97. The van der Waals surface area contributed by atoms with Crippen LogP contribution in [0.1, 0.15) is 29.8 Å². The van der Waals surface area contributed by atoms with E-state index in [4.69, 9.17) is 4.74 Å². The molecule has 1 fully saturated rings. The molecule has 8 nitrogen and oxygen atoms in total. The van der Waals surface area contributed by atoms with E-state index in [0.29, 0.717) is 41.0 Å². The van der Waals surface area contributed by atoms with Crippen LogP contribution < -0.4 is 15.2 Å². The minimum absolute atomic E-state index is 0.0612. The van der Waals surface area contributed by atoms with E-state index in [1.54, 1.807) is 53.4 Å². The molecule has 0 radical (unpaired) electrons. The number of rotatable bonds is 3.